The van der Waals surface area contributed by atoms with Gasteiger partial charge in [-0.05, 0) is 37.3 Å². The first-order valence-electron chi connectivity index (χ1n) is 8.78. The standard InChI is InChI=1S/C21H18ClFN4O/c1-12(16-9-14-6-7-17(23)19(22)20(14)26-21(16)28)25-15-5-3-4-13(8-15)18-10-24-11-27(18)2/h3-12,25H,1-2H3,(H,26,28)/t12-/m0/s1. The number of aromatic nitrogens is 3. The quantitative estimate of drug-likeness (QED) is 0.516. The highest BCUT2D eigenvalue weighted by Crippen LogP contribution is 2.27. The molecule has 0 aliphatic rings. The van der Waals surface area contributed by atoms with E-state index in [9.17, 15) is 9.18 Å². The van der Waals surface area contributed by atoms with E-state index in [4.69, 9.17) is 11.6 Å². The van der Waals surface area contributed by atoms with Crippen molar-refractivity contribution in [2.75, 3.05) is 5.32 Å². The van der Waals surface area contributed by atoms with Gasteiger partial charge in [-0.15, -0.1) is 0 Å². The molecule has 0 fully saturated rings. The van der Waals surface area contributed by atoms with Crippen LogP contribution in [-0.2, 0) is 7.05 Å². The Kier molecular flexibility index (Phi) is 4.65. The van der Waals surface area contributed by atoms with Crippen molar-refractivity contribution in [3.63, 3.8) is 0 Å². The van der Waals surface area contributed by atoms with Crippen LogP contribution in [-0.4, -0.2) is 14.5 Å². The van der Waals surface area contributed by atoms with Gasteiger partial charge >= 0.3 is 0 Å². The third-order valence-electron chi connectivity index (χ3n) is 4.76. The van der Waals surface area contributed by atoms with E-state index in [-0.39, 0.29) is 16.6 Å². The maximum absolute atomic E-state index is 13.6. The van der Waals surface area contributed by atoms with Crippen LogP contribution in [0.4, 0.5) is 10.1 Å². The number of imidazole rings is 1. The molecular weight excluding hydrogens is 379 g/mol. The summed E-state index contributed by atoms with van der Waals surface area (Å²) < 4.78 is 15.6. The average Bonchev–Trinajstić information content (AvgIpc) is 3.11. The van der Waals surface area contributed by atoms with E-state index in [1.165, 1.54) is 6.07 Å². The van der Waals surface area contributed by atoms with E-state index in [1.807, 2.05) is 42.8 Å². The zero-order chi connectivity index (χ0) is 19.8. The molecule has 1 atom stereocenters. The number of pyridine rings is 1. The molecule has 2 aromatic heterocycles. The minimum Gasteiger partial charge on any atom is -0.378 e. The maximum atomic E-state index is 13.6. The Morgan fingerprint density at radius 3 is 2.82 bits per heavy atom. The molecule has 0 radical (unpaired) electrons. The Hall–Kier alpha value is -3.12. The predicted molar refractivity (Wildman–Crippen MR) is 110 cm³/mol. The Morgan fingerprint density at radius 2 is 2.07 bits per heavy atom. The molecule has 0 saturated carbocycles. The summed E-state index contributed by atoms with van der Waals surface area (Å²) in [6.45, 7) is 1.90. The molecular formula is C21H18ClFN4O. The van der Waals surface area contributed by atoms with E-state index < -0.39 is 5.82 Å². The fraction of sp³-hybridized carbons (Fsp3) is 0.143. The molecule has 4 rings (SSSR count). The molecule has 2 N–H and O–H groups in total. The summed E-state index contributed by atoms with van der Waals surface area (Å²) in [5.41, 5.74) is 3.44. The minimum atomic E-state index is -0.560. The topological polar surface area (TPSA) is 62.7 Å². The lowest BCUT2D eigenvalue weighted by atomic mass is 10.1. The Balaban J connectivity index is 1.67. The number of nitrogens with zero attached hydrogens (tertiary/aromatic N) is 2. The highest BCUT2D eigenvalue weighted by atomic mass is 35.5. The second-order valence-electron chi connectivity index (χ2n) is 6.72. The number of hydrogen-bond donors (Lipinski definition) is 2. The number of fused-ring (bicyclic) bond motifs is 1. The molecule has 142 valence electrons. The lowest BCUT2D eigenvalue weighted by Crippen LogP contribution is -2.19. The van der Waals surface area contributed by atoms with Crippen molar-refractivity contribution < 1.29 is 4.39 Å². The van der Waals surface area contributed by atoms with Gasteiger partial charge in [0, 0.05) is 29.2 Å². The van der Waals surface area contributed by atoms with Gasteiger partial charge in [0.25, 0.3) is 5.56 Å². The van der Waals surface area contributed by atoms with E-state index >= 15 is 0 Å². The first kappa shape index (κ1) is 18.3. The molecule has 0 saturated heterocycles. The SMILES string of the molecule is C[C@H](Nc1cccc(-c2cncn2C)c1)c1cc2ccc(F)c(Cl)c2[nH]c1=O. The van der Waals surface area contributed by atoms with Crippen LogP contribution >= 0.6 is 11.6 Å². The summed E-state index contributed by atoms with van der Waals surface area (Å²) >= 11 is 5.97. The molecule has 0 unspecified atom stereocenters. The molecule has 0 aliphatic carbocycles. The summed E-state index contributed by atoms with van der Waals surface area (Å²) in [7, 11) is 1.94. The van der Waals surface area contributed by atoms with Crippen LogP contribution in [0.5, 0.6) is 0 Å². The number of halogens is 2. The Bertz CT molecular complexity index is 1230. The van der Waals surface area contributed by atoms with Crippen molar-refractivity contribution >= 4 is 28.2 Å². The van der Waals surface area contributed by atoms with E-state index in [2.05, 4.69) is 15.3 Å². The molecule has 4 aromatic rings. The largest absolute Gasteiger partial charge is 0.378 e. The molecule has 28 heavy (non-hydrogen) atoms. The van der Waals surface area contributed by atoms with Gasteiger partial charge in [-0.25, -0.2) is 9.37 Å². The average molecular weight is 397 g/mol. The Labute approximate surface area is 165 Å². The number of H-pyrrole nitrogens is 1. The van der Waals surface area contributed by atoms with Crippen molar-refractivity contribution in [1.29, 1.82) is 0 Å². The highest BCUT2D eigenvalue weighted by Gasteiger charge is 2.14. The zero-order valence-corrected chi connectivity index (χ0v) is 16.1. The predicted octanol–water partition coefficient (Wildman–Crippen LogP) is 4.89. The van der Waals surface area contributed by atoms with Gasteiger partial charge in [-0.1, -0.05) is 23.7 Å². The van der Waals surface area contributed by atoms with Crippen LogP contribution < -0.4 is 10.9 Å². The number of nitrogens with one attached hydrogen (secondary N) is 2. The van der Waals surface area contributed by atoms with Crippen LogP contribution in [0.25, 0.3) is 22.2 Å². The number of anilines is 1. The first-order chi connectivity index (χ1) is 13.4. The van der Waals surface area contributed by atoms with Gasteiger partial charge in [0.05, 0.1) is 29.8 Å². The molecule has 0 bridgehead atoms. The van der Waals surface area contributed by atoms with Crippen molar-refractivity contribution in [3.05, 3.63) is 81.7 Å². The van der Waals surface area contributed by atoms with E-state index in [0.29, 0.717) is 16.5 Å². The van der Waals surface area contributed by atoms with Crippen LogP contribution in [0.2, 0.25) is 5.02 Å². The third kappa shape index (κ3) is 3.27. The molecule has 0 spiro atoms. The van der Waals surface area contributed by atoms with Gasteiger partial charge in [0.15, 0.2) is 0 Å². The molecule has 2 heterocycles. The maximum Gasteiger partial charge on any atom is 0.253 e. The Morgan fingerprint density at radius 1 is 1.25 bits per heavy atom. The van der Waals surface area contributed by atoms with Crippen molar-refractivity contribution in [2.45, 2.75) is 13.0 Å². The van der Waals surface area contributed by atoms with E-state index in [0.717, 1.165) is 16.9 Å². The zero-order valence-electron chi connectivity index (χ0n) is 15.3. The molecule has 5 nitrogen and oxygen atoms in total. The second kappa shape index (κ2) is 7.13. The summed E-state index contributed by atoms with van der Waals surface area (Å²) in [5.74, 6) is -0.560. The fourth-order valence-electron chi connectivity index (χ4n) is 3.28. The summed E-state index contributed by atoms with van der Waals surface area (Å²) in [6, 6.07) is 12.3. The van der Waals surface area contributed by atoms with Gasteiger partial charge < -0.3 is 14.9 Å². The third-order valence-corrected chi connectivity index (χ3v) is 5.13. The first-order valence-corrected chi connectivity index (χ1v) is 9.16. The number of hydrogen-bond acceptors (Lipinski definition) is 3. The second-order valence-corrected chi connectivity index (χ2v) is 7.09. The normalized spacial score (nSPS) is 12.3. The lowest BCUT2D eigenvalue weighted by Gasteiger charge is -2.16. The number of aryl methyl sites for hydroxylation is 1. The van der Waals surface area contributed by atoms with Gasteiger partial charge in [-0.3, -0.25) is 4.79 Å². The summed E-state index contributed by atoms with van der Waals surface area (Å²) in [5, 5.41) is 3.96. The van der Waals surface area contributed by atoms with Crippen molar-refractivity contribution in [2.24, 2.45) is 7.05 Å². The van der Waals surface area contributed by atoms with Gasteiger partial charge in [-0.2, -0.15) is 0 Å². The molecule has 0 amide bonds. The number of benzene rings is 2. The minimum absolute atomic E-state index is 0.0781. The summed E-state index contributed by atoms with van der Waals surface area (Å²) in [4.78, 5) is 19.4. The van der Waals surface area contributed by atoms with Crippen LogP contribution in [0.15, 0.2) is 59.8 Å². The van der Waals surface area contributed by atoms with Crippen LogP contribution in [0.3, 0.4) is 0 Å². The van der Waals surface area contributed by atoms with E-state index in [1.54, 1.807) is 24.7 Å². The number of aromatic amines is 1. The molecule has 2 aromatic carbocycles. The van der Waals surface area contributed by atoms with Crippen LogP contribution in [0.1, 0.15) is 18.5 Å². The van der Waals surface area contributed by atoms with Crippen LogP contribution in [0, 0.1) is 5.82 Å². The lowest BCUT2D eigenvalue weighted by molar-refractivity contribution is 0.629. The number of rotatable bonds is 4. The van der Waals surface area contributed by atoms with Gasteiger partial charge in [0.2, 0.25) is 0 Å². The summed E-state index contributed by atoms with van der Waals surface area (Å²) in [6.07, 6.45) is 3.56. The fourth-order valence-corrected chi connectivity index (χ4v) is 3.50. The monoisotopic (exact) mass is 396 g/mol. The highest BCUT2D eigenvalue weighted by molar-refractivity contribution is 6.35. The van der Waals surface area contributed by atoms with Crippen molar-refractivity contribution in [1.82, 2.24) is 14.5 Å². The smallest absolute Gasteiger partial charge is 0.253 e. The van der Waals surface area contributed by atoms with Gasteiger partial charge in [0.1, 0.15) is 10.8 Å². The molecule has 7 heteroatoms. The molecule has 0 aliphatic heterocycles. The van der Waals surface area contributed by atoms with Crippen molar-refractivity contribution in [3.8, 4) is 11.3 Å².